The number of aliphatic hydroxyl groups is 2. The predicted molar refractivity (Wildman–Crippen MR) is 89.6 cm³/mol. The molecule has 0 saturated carbocycles. The Morgan fingerprint density at radius 2 is 1.92 bits per heavy atom. The van der Waals surface area contributed by atoms with Crippen LogP contribution < -0.4 is 10.6 Å². The first kappa shape index (κ1) is 21.4. The lowest BCUT2D eigenvalue weighted by molar-refractivity contribution is -0.140. The summed E-state index contributed by atoms with van der Waals surface area (Å²) in [5.41, 5.74) is -1.92. The molecule has 0 aliphatic carbocycles. The molecule has 2 unspecified atom stereocenters. The number of hydrogen-bond donors (Lipinski definition) is 5. The first-order valence-corrected chi connectivity index (χ1v) is 8.79. The van der Waals surface area contributed by atoms with Crippen LogP contribution in [0.15, 0.2) is 0 Å². The fourth-order valence-corrected chi connectivity index (χ4v) is 3.77. The second-order valence-electron chi connectivity index (χ2n) is 6.47. The third kappa shape index (κ3) is 4.31. The average Bonchev–Trinajstić information content (AvgIpc) is 2.74. The number of aliphatic hydroxyl groups excluding tert-OH is 2. The Bertz CT molecular complexity index is 568. The molecule has 0 bridgehead atoms. The van der Waals surface area contributed by atoms with Gasteiger partial charge in [0.25, 0.3) is 0 Å². The number of carboxylic acid groups (broad SMARTS) is 1. The molecule has 1 fully saturated rings. The number of carboxylic acids is 1. The van der Waals surface area contributed by atoms with E-state index >= 15 is 0 Å². The van der Waals surface area contributed by atoms with Crippen molar-refractivity contribution in [1.82, 2.24) is 10.6 Å². The summed E-state index contributed by atoms with van der Waals surface area (Å²) in [6.07, 6.45) is -2.82. The van der Waals surface area contributed by atoms with E-state index < -0.39 is 58.5 Å². The van der Waals surface area contributed by atoms with Crippen LogP contribution in [-0.4, -0.2) is 67.8 Å². The molecule has 1 aliphatic heterocycles. The zero-order valence-electron chi connectivity index (χ0n) is 14.5. The van der Waals surface area contributed by atoms with Crippen molar-refractivity contribution in [1.29, 1.82) is 0 Å². The van der Waals surface area contributed by atoms with Crippen molar-refractivity contribution in [3.05, 3.63) is 0 Å². The zero-order chi connectivity index (χ0) is 19.5. The first-order chi connectivity index (χ1) is 11.4. The molecule has 142 valence electrons. The van der Waals surface area contributed by atoms with Gasteiger partial charge in [0.1, 0.15) is 6.04 Å². The van der Waals surface area contributed by atoms with Gasteiger partial charge in [-0.3, -0.25) is 14.4 Å². The van der Waals surface area contributed by atoms with Crippen LogP contribution in [0.3, 0.4) is 0 Å². The largest absolute Gasteiger partial charge is 0.480 e. The van der Waals surface area contributed by atoms with Crippen molar-refractivity contribution in [3.8, 4) is 0 Å². The quantitative estimate of drug-likeness (QED) is 0.368. The Hall–Kier alpha value is -1.65. The highest BCUT2D eigenvalue weighted by atomic mass is 32.2. The molecule has 2 amide bonds. The van der Waals surface area contributed by atoms with Crippen LogP contribution >= 0.6 is 11.8 Å². The van der Waals surface area contributed by atoms with Crippen LogP contribution in [-0.2, 0) is 19.2 Å². The Morgan fingerprint density at radius 1 is 1.36 bits per heavy atom. The average molecular weight is 376 g/mol. The van der Waals surface area contributed by atoms with Crippen molar-refractivity contribution < 1.29 is 34.5 Å². The van der Waals surface area contributed by atoms with Crippen molar-refractivity contribution in [2.24, 2.45) is 11.8 Å². The Kier molecular flexibility index (Phi) is 6.98. The van der Waals surface area contributed by atoms with Crippen molar-refractivity contribution in [2.75, 3.05) is 5.75 Å². The van der Waals surface area contributed by atoms with Gasteiger partial charge in [0.15, 0.2) is 5.54 Å². The Morgan fingerprint density at radius 3 is 2.28 bits per heavy atom. The van der Waals surface area contributed by atoms with Gasteiger partial charge in [-0.25, -0.2) is 4.79 Å². The predicted octanol–water partition coefficient (Wildman–Crippen LogP) is -1.28. The molecular weight excluding hydrogens is 352 g/mol. The molecule has 0 aromatic rings. The molecule has 1 aliphatic rings. The molecule has 0 aromatic heterocycles. The highest BCUT2D eigenvalue weighted by Crippen LogP contribution is 2.36. The number of rotatable bonds is 7. The number of carbonyl (C=O) groups excluding carboxylic acids is 3. The van der Waals surface area contributed by atoms with E-state index in [0.717, 1.165) is 6.92 Å². The van der Waals surface area contributed by atoms with Gasteiger partial charge >= 0.3 is 5.97 Å². The number of carbonyl (C=O) groups is 4. The lowest BCUT2D eigenvalue weighted by atomic mass is 9.81. The molecule has 10 heteroatoms. The van der Waals surface area contributed by atoms with E-state index in [-0.39, 0.29) is 5.75 Å². The van der Waals surface area contributed by atoms with E-state index in [9.17, 15) is 29.4 Å². The minimum Gasteiger partial charge on any atom is -0.480 e. The minimum absolute atomic E-state index is 0.308. The van der Waals surface area contributed by atoms with Crippen LogP contribution in [0.1, 0.15) is 27.7 Å². The smallest absolute Gasteiger partial charge is 0.327 e. The molecule has 0 spiro atoms. The van der Waals surface area contributed by atoms with E-state index in [0.29, 0.717) is 11.8 Å². The highest BCUT2D eigenvalue weighted by Gasteiger charge is 2.60. The fraction of sp³-hybridized carbons (Fsp3) is 0.733. The van der Waals surface area contributed by atoms with E-state index in [1.54, 1.807) is 13.8 Å². The van der Waals surface area contributed by atoms with Gasteiger partial charge in [-0.2, -0.15) is 0 Å². The van der Waals surface area contributed by atoms with Crippen molar-refractivity contribution in [2.45, 2.75) is 51.5 Å². The van der Waals surface area contributed by atoms with Gasteiger partial charge in [-0.05, 0) is 5.92 Å². The summed E-state index contributed by atoms with van der Waals surface area (Å²) in [5.74, 6) is -4.12. The van der Waals surface area contributed by atoms with Gasteiger partial charge in [0.05, 0.1) is 18.1 Å². The lowest BCUT2D eigenvalue weighted by Crippen LogP contribution is -2.64. The molecule has 0 radical (unpaired) electrons. The van der Waals surface area contributed by atoms with Gasteiger partial charge in [0, 0.05) is 12.7 Å². The molecule has 1 rings (SSSR count). The fourth-order valence-electron chi connectivity index (χ4n) is 2.70. The molecule has 25 heavy (non-hydrogen) atoms. The van der Waals surface area contributed by atoms with Gasteiger partial charge in [0.2, 0.25) is 16.9 Å². The lowest BCUT2D eigenvalue weighted by Gasteiger charge is -2.37. The molecule has 9 nitrogen and oxygen atoms in total. The second-order valence-corrected chi connectivity index (χ2v) is 7.46. The van der Waals surface area contributed by atoms with Gasteiger partial charge < -0.3 is 26.0 Å². The summed E-state index contributed by atoms with van der Waals surface area (Å²) < 4.78 is 0. The van der Waals surface area contributed by atoms with Crippen LogP contribution in [0.2, 0.25) is 0 Å². The summed E-state index contributed by atoms with van der Waals surface area (Å²) in [5, 5.41) is 33.8. The summed E-state index contributed by atoms with van der Waals surface area (Å²) in [4.78, 5) is 46.9. The second kappa shape index (κ2) is 8.15. The van der Waals surface area contributed by atoms with Crippen molar-refractivity contribution in [3.63, 3.8) is 0 Å². The summed E-state index contributed by atoms with van der Waals surface area (Å²) in [6.45, 7) is 5.84. The molecular formula is C15H24N2O7S. The van der Waals surface area contributed by atoms with E-state index in [1.807, 2.05) is 0 Å². The number of amides is 2. The van der Waals surface area contributed by atoms with Gasteiger partial charge in [-0.1, -0.05) is 32.5 Å². The maximum absolute atomic E-state index is 12.8. The molecule has 5 atom stereocenters. The number of thioether (sulfide) groups is 1. The molecule has 0 aromatic carbocycles. The molecule has 1 saturated heterocycles. The SMILES string of the molecule is CC(=O)NC(CSC(=O)[C@]1(C(O)C(C)C)NC(=O)[C@H](C)[C@@H]1O)C(=O)O. The summed E-state index contributed by atoms with van der Waals surface area (Å²) >= 11 is 0.535. The number of hydrogen-bond acceptors (Lipinski definition) is 7. The van der Waals surface area contributed by atoms with Gasteiger partial charge in [-0.15, -0.1) is 0 Å². The Labute approximate surface area is 149 Å². The van der Waals surface area contributed by atoms with E-state index in [4.69, 9.17) is 5.11 Å². The summed E-state index contributed by atoms with van der Waals surface area (Å²) in [7, 11) is 0. The zero-order valence-corrected chi connectivity index (χ0v) is 15.3. The third-order valence-electron chi connectivity index (χ3n) is 4.18. The Balaban J connectivity index is 3.04. The molecule has 1 heterocycles. The highest BCUT2D eigenvalue weighted by molar-refractivity contribution is 8.13. The first-order valence-electron chi connectivity index (χ1n) is 7.80. The summed E-state index contributed by atoms with van der Waals surface area (Å²) in [6, 6.07) is -1.31. The van der Waals surface area contributed by atoms with Crippen LogP contribution in [0.25, 0.3) is 0 Å². The monoisotopic (exact) mass is 376 g/mol. The number of aliphatic carboxylic acids is 1. The molecule has 5 N–H and O–H groups in total. The standard InChI is InChI=1S/C15H24N2O7S/c1-6(2)10(19)15(11(20)7(3)12(21)17-15)14(24)25-5-9(13(22)23)16-8(4)18/h6-7,9-11,19-20H,5H2,1-4H3,(H,16,18)(H,17,21)(H,22,23)/t7-,9?,10?,11+,15-/m1/s1. The minimum atomic E-state index is -1.92. The maximum Gasteiger partial charge on any atom is 0.327 e. The van der Waals surface area contributed by atoms with E-state index in [1.165, 1.54) is 6.92 Å². The normalized spacial score (nSPS) is 28.4. The van der Waals surface area contributed by atoms with Crippen LogP contribution in [0.5, 0.6) is 0 Å². The van der Waals surface area contributed by atoms with Crippen LogP contribution in [0, 0.1) is 11.8 Å². The maximum atomic E-state index is 12.8. The topological polar surface area (TPSA) is 153 Å². The van der Waals surface area contributed by atoms with E-state index in [2.05, 4.69) is 10.6 Å². The van der Waals surface area contributed by atoms with Crippen molar-refractivity contribution >= 4 is 34.7 Å². The third-order valence-corrected chi connectivity index (χ3v) is 5.28. The van der Waals surface area contributed by atoms with Crippen LogP contribution in [0.4, 0.5) is 0 Å². The number of nitrogens with one attached hydrogen (secondary N) is 2.